The lowest BCUT2D eigenvalue weighted by Crippen LogP contribution is -2.41. The van der Waals surface area contributed by atoms with Gasteiger partial charge in [-0.25, -0.2) is 0 Å². The van der Waals surface area contributed by atoms with Gasteiger partial charge in [-0.2, -0.15) is 0 Å². The fourth-order valence-electron chi connectivity index (χ4n) is 1.84. The molecule has 0 saturated carbocycles. The molecule has 3 atom stereocenters. The molecule has 0 saturated heterocycles. The molecule has 1 amide bonds. The van der Waals surface area contributed by atoms with Crippen molar-refractivity contribution in [3.63, 3.8) is 0 Å². The number of benzene rings is 1. The zero-order valence-corrected chi connectivity index (χ0v) is 13.1. The van der Waals surface area contributed by atoms with Crippen LogP contribution in [0.25, 0.3) is 0 Å². The average molecular weight is 278 g/mol. The van der Waals surface area contributed by atoms with E-state index in [1.165, 1.54) is 0 Å². The van der Waals surface area contributed by atoms with Crippen molar-refractivity contribution >= 4 is 5.91 Å². The van der Waals surface area contributed by atoms with Crippen LogP contribution in [0.15, 0.2) is 18.2 Å². The Kier molecular flexibility index (Phi) is 6.02. The first-order valence-corrected chi connectivity index (χ1v) is 7.18. The van der Waals surface area contributed by atoms with E-state index < -0.39 is 6.10 Å². The molecule has 0 aromatic heterocycles. The van der Waals surface area contributed by atoms with E-state index in [9.17, 15) is 4.79 Å². The number of hydrogen-bond donors (Lipinski definition) is 2. The summed E-state index contributed by atoms with van der Waals surface area (Å²) in [6, 6.07) is 5.86. The SMILES string of the molecule is CCC(C)NC(=O)C(C)Oc1ccc(C)cc1C(C)N. The summed E-state index contributed by atoms with van der Waals surface area (Å²) in [7, 11) is 0. The van der Waals surface area contributed by atoms with E-state index in [1.807, 2.05) is 45.9 Å². The minimum atomic E-state index is -0.538. The third kappa shape index (κ3) is 4.53. The third-order valence-corrected chi connectivity index (χ3v) is 3.33. The van der Waals surface area contributed by atoms with Crippen LogP contribution >= 0.6 is 0 Å². The predicted octanol–water partition coefficient (Wildman–Crippen LogP) is 2.70. The first kappa shape index (κ1) is 16.5. The first-order valence-electron chi connectivity index (χ1n) is 7.18. The third-order valence-electron chi connectivity index (χ3n) is 3.33. The summed E-state index contributed by atoms with van der Waals surface area (Å²) in [5.74, 6) is 0.577. The lowest BCUT2D eigenvalue weighted by Gasteiger charge is -2.20. The van der Waals surface area contributed by atoms with Gasteiger partial charge in [0.05, 0.1) is 0 Å². The largest absolute Gasteiger partial charge is 0.481 e. The second kappa shape index (κ2) is 7.29. The van der Waals surface area contributed by atoms with Crippen molar-refractivity contribution in [2.45, 2.75) is 59.2 Å². The number of amides is 1. The highest BCUT2D eigenvalue weighted by molar-refractivity contribution is 5.81. The Morgan fingerprint density at radius 3 is 2.55 bits per heavy atom. The highest BCUT2D eigenvalue weighted by Crippen LogP contribution is 2.26. The summed E-state index contributed by atoms with van der Waals surface area (Å²) in [6.07, 6.45) is 0.359. The number of carbonyl (C=O) groups excluding carboxylic acids is 1. The van der Waals surface area contributed by atoms with Gasteiger partial charge < -0.3 is 15.8 Å². The molecule has 1 rings (SSSR count). The molecular weight excluding hydrogens is 252 g/mol. The number of aryl methyl sites for hydroxylation is 1. The molecular formula is C16H26N2O2. The van der Waals surface area contributed by atoms with Crippen molar-refractivity contribution in [3.8, 4) is 5.75 Å². The number of hydrogen-bond acceptors (Lipinski definition) is 3. The molecule has 4 heteroatoms. The summed E-state index contributed by atoms with van der Waals surface area (Å²) in [5.41, 5.74) is 8.01. The maximum atomic E-state index is 12.0. The van der Waals surface area contributed by atoms with E-state index in [0.717, 1.165) is 17.5 Å². The van der Waals surface area contributed by atoms with Crippen LogP contribution in [-0.2, 0) is 4.79 Å². The summed E-state index contributed by atoms with van der Waals surface area (Å²) in [5, 5.41) is 2.91. The lowest BCUT2D eigenvalue weighted by atomic mass is 10.1. The van der Waals surface area contributed by atoms with Gasteiger partial charge in [-0.05, 0) is 40.2 Å². The quantitative estimate of drug-likeness (QED) is 0.841. The molecule has 0 fully saturated rings. The molecule has 0 aliphatic carbocycles. The Hall–Kier alpha value is -1.55. The van der Waals surface area contributed by atoms with Crippen molar-refractivity contribution in [3.05, 3.63) is 29.3 Å². The first-order chi connectivity index (χ1) is 9.35. The van der Waals surface area contributed by atoms with Crippen molar-refractivity contribution in [1.29, 1.82) is 0 Å². The maximum Gasteiger partial charge on any atom is 0.260 e. The molecule has 112 valence electrons. The highest BCUT2D eigenvalue weighted by Gasteiger charge is 2.18. The highest BCUT2D eigenvalue weighted by atomic mass is 16.5. The minimum Gasteiger partial charge on any atom is -0.481 e. The average Bonchev–Trinajstić information content (AvgIpc) is 2.40. The molecule has 1 aromatic carbocycles. The molecule has 3 unspecified atom stereocenters. The number of carbonyl (C=O) groups is 1. The fourth-order valence-corrected chi connectivity index (χ4v) is 1.84. The summed E-state index contributed by atoms with van der Waals surface area (Å²) >= 11 is 0. The van der Waals surface area contributed by atoms with Crippen LogP contribution in [0.1, 0.15) is 51.3 Å². The van der Waals surface area contributed by atoms with Gasteiger partial charge in [0, 0.05) is 17.6 Å². The van der Waals surface area contributed by atoms with Crippen molar-refractivity contribution in [1.82, 2.24) is 5.32 Å². The Bertz CT molecular complexity index is 458. The lowest BCUT2D eigenvalue weighted by molar-refractivity contribution is -0.127. The standard InChI is InChI=1S/C16H26N2O2/c1-6-11(3)18-16(19)13(5)20-15-8-7-10(2)9-14(15)12(4)17/h7-9,11-13H,6,17H2,1-5H3,(H,18,19). The van der Waals surface area contributed by atoms with Crippen LogP contribution in [0.2, 0.25) is 0 Å². The molecule has 3 N–H and O–H groups in total. The predicted molar refractivity (Wildman–Crippen MR) is 81.8 cm³/mol. The van der Waals surface area contributed by atoms with E-state index in [2.05, 4.69) is 5.32 Å². The van der Waals surface area contributed by atoms with Crippen molar-refractivity contribution < 1.29 is 9.53 Å². The Labute approximate surface area is 121 Å². The van der Waals surface area contributed by atoms with Crippen LogP contribution in [0.5, 0.6) is 5.75 Å². The van der Waals surface area contributed by atoms with Crippen LogP contribution in [0.3, 0.4) is 0 Å². The molecule has 0 heterocycles. The zero-order chi connectivity index (χ0) is 15.3. The second-order valence-electron chi connectivity index (χ2n) is 5.41. The number of rotatable bonds is 6. The minimum absolute atomic E-state index is 0.101. The van der Waals surface area contributed by atoms with Crippen LogP contribution in [-0.4, -0.2) is 18.1 Å². The van der Waals surface area contributed by atoms with Gasteiger partial charge in [-0.15, -0.1) is 0 Å². The number of ether oxygens (including phenoxy) is 1. The molecule has 4 nitrogen and oxygen atoms in total. The summed E-state index contributed by atoms with van der Waals surface area (Å²) in [4.78, 5) is 12.0. The topological polar surface area (TPSA) is 64.3 Å². The molecule has 0 radical (unpaired) electrons. The van der Waals surface area contributed by atoms with E-state index in [4.69, 9.17) is 10.5 Å². The maximum absolute atomic E-state index is 12.0. The number of nitrogens with two attached hydrogens (primary N) is 1. The Morgan fingerprint density at radius 2 is 2.00 bits per heavy atom. The molecule has 0 aliphatic rings. The normalized spacial score (nSPS) is 15.3. The van der Waals surface area contributed by atoms with Crippen LogP contribution < -0.4 is 15.8 Å². The van der Waals surface area contributed by atoms with E-state index in [1.54, 1.807) is 6.92 Å². The zero-order valence-electron chi connectivity index (χ0n) is 13.1. The van der Waals surface area contributed by atoms with Crippen molar-refractivity contribution in [2.75, 3.05) is 0 Å². The van der Waals surface area contributed by atoms with E-state index in [-0.39, 0.29) is 18.0 Å². The van der Waals surface area contributed by atoms with E-state index >= 15 is 0 Å². The van der Waals surface area contributed by atoms with Crippen molar-refractivity contribution in [2.24, 2.45) is 5.73 Å². The summed E-state index contributed by atoms with van der Waals surface area (Å²) in [6.45, 7) is 9.68. The molecule has 0 spiro atoms. The van der Waals surface area contributed by atoms with Gasteiger partial charge in [0.15, 0.2) is 6.10 Å². The Morgan fingerprint density at radius 1 is 1.35 bits per heavy atom. The molecule has 1 aromatic rings. The fraction of sp³-hybridized carbons (Fsp3) is 0.562. The van der Waals surface area contributed by atoms with Gasteiger partial charge >= 0.3 is 0 Å². The number of nitrogens with one attached hydrogen (secondary N) is 1. The van der Waals surface area contributed by atoms with Gasteiger partial charge in [-0.1, -0.05) is 24.6 Å². The van der Waals surface area contributed by atoms with Gasteiger partial charge in [0.2, 0.25) is 0 Å². The van der Waals surface area contributed by atoms with Gasteiger partial charge in [0.25, 0.3) is 5.91 Å². The summed E-state index contributed by atoms with van der Waals surface area (Å²) < 4.78 is 5.78. The van der Waals surface area contributed by atoms with Gasteiger partial charge in [-0.3, -0.25) is 4.79 Å². The van der Waals surface area contributed by atoms with Crippen LogP contribution in [0.4, 0.5) is 0 Å². The second-order valence-corrected chi connectivity index (χ2v) is 5.41. The Balaban J connectivity index is 2.80. The van der Waals surface area contributed by atoms with Gasteiger partial charge in [0.1, 0.15) is 5.75 Å². The monoisotopic (exact) mass is 278 g/mol. The molecule has 0 bridgehead atoms. The van der Waals surface area contributed by atoms with E-state index in [0.29, 0.717) is 5.75 Å². The van der Waals surface area contributed by atoms with Crippen LogP contribution in [0, 0.1) is 6.92 Å². The molecule has 0 aliphatic heterocycles. The smallest absolute Gasteiger partial charge is 0.260 e. The molecule has 20 heavy (non-hydrogen) atoms.